The zero-order chi connectivity index (χ0) is 14.5. The second-order valence-corrected chi connectivity index (χ2v) is 4.78. The Morgan fingerprint density at radius 3 is 3.10 bits per heavy atom. The van der Waals surface area contributed by atoms with Gasteiger partial charge >= 0.3 is 0 Å². The Morgan fingerprint density at radius 2 is 2.40 bits per heavy atom. The standard InChI is InChI=1S/C13H14ClN3O3/c14-10-2-1-3-11(9(10)6-15)19-7-8-4-5-12(20-8)13(18)17-16/h1-3,8,12H,4-5,7,16H2,(H,17,18). The van der Waals surface area contributed by atoms with Gasteiger partial charge in [-0.25, -0.2) is 5.84 Å². The summed E-state index contributed by atoms with van der Waals surface area (Å²) in [6.45, 7) is 0.253. The minimum absolute atomic E-state index is 0.206. The fourth-order valence-corrected chi connectivity index (χ4v) is 2.24. The fourth-order valence-electron chi connectivity index (χ4n) is 2.03. The van der Waals surface area contributed by atoms with Crippen molar-refractivity contribution in [2.24, 2.45) is 5.84 Å². The van der Waals surface area contributed by atoms with Gasteiger partial charge in [-0.2, -0.15) is 5.26 Å². The van der Waals surface area contributed by atoms with E-state index < -0.39 is 6.10 Å². The van der Waals surface area contributed by atoms with Crippen LogP contribution in [0.2, 0.25) is 5.02 Å². The van der Waals surface area contributed by atoms with Crippen molar-refractivity contribution >= 4 is 17.5 Å². The quantitative estimate of drug-likeness (QED) is 0.493. The van der Waals surface area contributed by atoms with Crippen molar-refractivity contribution in [3.05, 3.63) is 28.8 Å². The number of hydrogen-bond donors (Lipinski definition) is 2. The first-order valence-corrected chi connectivity index (χ1v) is 6.50. The van der Waals surface area contributed by atoms with Crippen LogP contribution in [0, 0.1) is 11.3 Å². The predicted octanol–water partition coefficient (Wildman–Crippen LogP) is 1.13. The van der Waals surface area contributed by atoms with Gasteiger partial charge in [0.25, 0.3) is 5.91 Å². The van der Waals surface area contributed by atoms with Crippen LogP contribution in [0.25, 0.3) is 0 Å². The summed E-state index contributed by atoms with van der Waals surface area (Å²) in [5.74, 6) is 5.13. The molecule has 1 aliphatic heterocycles. The molecule has 1 aromatic rings. The lowest BCUT2D eigenvalue weighted by atomic mass is 10.2. The summed E-state index contributed by atoms with van der Waals surface area (Å²) in [4.78, 5) is 11.3. The van der Waals surface area contributed by atoms with E-state index in [4.69, 9.17) is 32.2 Å². The molecule has 0 saturated carbocycles. The van der Waals surface area contributed by atoms with Crippen LogP contribution < -0.4 is 16.0 Å². The van der Waals surface area contributed by atoms with Crippen LogP contribution in [0.5, 0.6) is 5.75 Å². The van der Waals surface area contributed by atoms with Gasteiger partial charge in [0.05, 0.1) is 11.1 Å². The molecule has 0 radical (unpaired) electrons. The van der Waals surface area contributed by atoms with Crippen LogP contribution in [0.1, 0.15) is 18.4 Å². The van der Waals surface area contributed by atoms with Crippen molar-refractivity contribution in [2.45, 2.75) is 25.0 Å². The monoisotopic (exact) mass is 295 g/mol. The minimum atomic E-state index is -0.539. The molecule has 1 amide bonds. The first kappa shape index (κ1) is 14.6. The molecule has 2 atom stereocenters. The maximum Gasteiger partial charge on any atom is 0.263 e. The van der Waals surface area contributed by atoms with E-state index in [0.717, 1.165) is 0 Å². The Morgan fingerprint density at radius 1 is 1.60 bits per heavy atom. The third kappa shape index (κ3) is 3.20. The molecule has 1 saturated heterocycles. The molecule has 0 bridgehead atoms. The number of benzene rings is 1. The Balaban J connectivity index is 1.93. The van der Waals surface area contributed by atoms with Gasteiger partial charge in [-0.15, -0.1) is 0 Å². The summed E-state index contributed by atoms with van der Waals surface area (Å²) < 4.78 is 11.1. The summed E-state index contributed by atoms with van der Waals surface area (Å²) in [6.07, 6.45) is 0.546. The van der Waals surface area contributed by atoms with Gasteiger partial charge in [-0.05, 0) is 25.0 Å². The normalized spacial score (nSPS) is 21.2. The molecule has 20 heavy (non-hydrogen) atoms. The minimum Gasteiger partial charge on any atom is -0.489 e. The van der Waals surface area contributed by atoms with Crippen LogP contribution in [0.15, 0.2) is 18.2 Å². The van der Waals surface area contributed by atoms with Crippen LogP contribution in [-0.2, 0) is 9.53 Å². The van der Waals surface area contributed by atoms with Crippen LogP contribution in [-0.4, -0.2) is 24.7 Å². The molecule has 1 fully saturated rings. The number of nitrogens with two attached hydrogens (primary N) is 1. The Hall–Kier alpha value is -1.81. The number of carbonyl (C=O) groups is 1. The summed E-state index contributed by atoms with van der Waals surface area (Å²) >= 11 is 5.91. The molecule has 1 aliphatic rings. The van der Waals surface area contributed by atoms with Crippen molar-refractivity contribution in [3.8, 4) is 11.8 Å². The van der Waals surface area contributed by atoms with E-state index in [-0.39, 0.29) is 18.6 Å². The van der Waals surface area contributed by atoms with Crippen LogP contribution in [0.3, 0.4) is 0 Å². The van der Waals surface area contributed by atoms with Gasteiger partial charge in [0.15, 0.2) is 0 Å². The highest BCUT2D eigenvalue weighted by Gasteiger charge is 2.30. The first-order chi connectivity index (χ1) is 9.65. The SMILES string of the molecule is N#Cc1c(Cl)cccc1OCC1CCC(C(=O)NN)O1. The Bertz CT molecular complexity index is 544. The third-order valence-electron chi connectivity index (χ3n) is 3.05. The lowest BCUT2D eigenvalue weighted by molar-refractivity contribution is -0.132. The van der Waals surface area contributed by atoms with Gasteiger partial charge < -0.3 is 9.47 Å². The highest BCUT2D eigenvalue weighted by molar-refractivity contribution is 6.31. The molecule has 1 heterocycles. The molecule has 0 spiro atoms. The molecular weight excluding hydrogens is 282 g/mol. The number of amides is 1. The van der Waals surface area contributed by atoms with E-state index in [9.17, 15) is 4.79 Å². The van der Waals surface area contributed by atoms with Gasteiger partial charge in [-0.3, -0.25) is 10.2 Å². The van der Waals surface area contributed by atoms with E-state index in [1.54, 1.807) is 18.2 Å². The zero-order valence-electron chi connectivity index (χ0n) is 10.6. The van der Waals surface area contributed by atoms with E-state index >= 15 is 0 Å². The summed E-state index contributed by atoms with van der Waals surface area (Å²) in [5, 5.41) is 9.37. The van der Waals surface area contributed by atoms with E-state index in [0.29, 0.717) is 29.2 Å². The lowest BCUT2D eigenvalue weighted by Gasteiger charge is -2.14. The van der Waals surface area contributed by atoms with Crippen molar-refractivity contribution in [1.29, 1.82) is 5.26 Å². The third-order valence-corrected chi connectivity index (χ3v) is 3.37. The largest absolute Gasteiger partial charge is 0.489 e. The molecule has 7 heteroatoms. The number of hydrogen-bond acceptors (Lipinski definition) is 5. The van der Waals surface area contributed by atoms with Crippen molar-refractivity contribution < 1.29 is 14.3 Å². The Kier molecular flexibility index (Phi) is 4.79. The second kappa shape index (κ2) is 6.57. The molecule has 3 N–H and O–H groups in total. The highest BCUT2D eigenvalue weighted by atomic mass is 35.5. The number of ether oxygens (including phenoxy) is 2. The lowest BCUT2D eigenvalue weighted by Crippen LogP contribution is -2.39. The number of rotatable bonds is 4. The van der Waals surface area contributed by atoms with E-state index in [2.05, 4.69) is 5.43 Å². The molecule has 0 aromatic heterocycles. The molecule has 2 unspecified atom stereocenters. The first-order valence-electron chi connectivity index (χ1n) is 6.13. The van der Waals surface area contributed by atoms with Gasteiger partial charge in [0.2, 0.25) is 0 Å². The van der Waals surface area contributed by atoms with E-state index in [1.807, 2.05) is 6.07 Å². The smallest absolute Gasteiger partial charge is 0.263 e. The number of hydrazine groups is 1. The van der Waals surface area contributed by atoms with E-state index in [1.165, 1.54) is 0 Å². The van der Waals surface area contributed by atoms with Crippen LogP contribution in [0.4, 0.5) is 0 Å². The average molecular weight is 296 g/mol. The number of nitrogens with zero attached hydrogens (tertiary/aromatic N) is 1. The van der Waals surface area contributed by atoms with Gasteiger partial charge in [0.1, 0.15) is 30.1 Å². The fraction of sp³-hybridized carbons (Fsp3) is 0.385. The summed E-state index contributed by atoms with van der Waals surface area (Å²) in [6, 6.07) is 7.00. The average Bonchev–Trinajstić information content (AvgIpc) is 2.93. The van der Waals surface area contributed by atoms with Gasteiger partial charge in [-0.1, -0.05) is 17.7 Å². The molecular formula is C13H14ClN3O3. The number of nitriles is 1. The zero-order valence-corrected chi connectivity index (χ0v) is 11.4. The predicted molar refractivity (Wildman–Crippen MR) is 71.9 cm³/mol. The van der Waals surface area contributed by atoms with Gasteiger partial charge in [0, 0.05) is 0 Å². The highest BCUT2D eigenvalue weighted by Crippen LogP contribution is 2.27. The van der Waals surface area contributed by atoms with Crippen molar-refractivity contribution in [1.82, 2.24) is 5.43 Å². The summed E-state index contributed by atoms with van der Waals surface area (Å²) in [5.41, 5.74) is 2.36. The number of halogens is 1. The summed E-state index contributed by atoms with van der Waals surface area (Å²) in [7, 11) is 0. The molecule has 6 nitrogen and oxygen atoms in total. The second-order valence-electron chi connectivity index (χ2n) is 4.37. The molecule has 2 rings (SSSR count). The van der Waals surface area contributed by atoms with Crippen molar-refractivity contribution in [2.75, 3.05) is 6.61 Å². The molecule has 106 valence electrons. The number of carbonyl (C=O) groups excluding carboxylic acids is 1. The topological polar surface area (TPSA) is 97.4 Å². The van der Waals surface area contributed by atoms with Crippen LogP contribution >= 0.6 is 11.6 Å². The maximum atomic E-state index is 11.3. The van der Waals surface area contributed by atoms with Crippen molar-refractivity contribution in [3.63, 3.8) is 0 Å². The molecule has 0 aliphatic carbocycles. The molecule has 1 aromatic carbocycles. The Labute approximate surface area is 121 Å². The number of nitrogens with one attached hydrogen (secondary N) is 1. The maximum absolute atomic E-state index is 11.3.